The van der Waals surface area contributed by atoms with Crippen LogP contribution in [0.1, 0.15) is 22.9 Å². The minimum atomic E-state index is -4.68. The molecule has 0 aliphatic rings. The normalized spacial score (nSPS) is 13.6. The van der Waals surface area contributed by atoms with Crippen molar-refractivity contribution >= 4 is 5.95 Å². The smallest absolute Gasteiger partial charge is 0.387 e. The molecule has 1 aromatic heterocycles. The van der Waals surface area contributed by atoms with Gasteiger partial charge in [0.1, 0.15) is 5.69 Å². The van der Waals surface area contributed by atoms with E-state index in [1.807, 2.05) is 0 Å². The van der Waals surface area contributed by atoms with Gasteiger partial charge in [-0.3, -0.25) is 0 Å². The van der Waals surface area contributed by atoms with Crippen LogP contribution in [0.5, 0.6) is 0 Å². The van der Waals surface area contributed by atoms with Gasteiger partial charge in [-0.1, -0.05) is 18.2 Å². The number of nitrogens with zero attached hydrogens (tertiary/aromatic N) is 2. The lowest BCUT2D eigenvalue weighted by Gasteiger charge is -2.18. The molecule has 0 spiro atoms. The number of anilines is 1. The standard InChI is InChI=1S/C14H11F6N3O/c15-13(16,17)9-4-2-1-3-8(9)10(24)7-22-12-21-6-5-11(23-12)14(18,19)20/h1-6,10,24H,7H2,(H,21,22,23). The van der Waals surface area contributed by atoms with Gasteiger partial charge >= 0.3 is 12.4 Å². The lowest BCUT2D eigenvalue weighted by molar-refractivity contribution is -0.141. The summed E-state index contributed by atoms with van der Waals surface area (Å²) in [5.74, 6) is -0.451. The molecule has 2 N–H and O–H groups in total. The highest BCUT2D eigenvalue weighted by Crippen LogP contribution is 2.34. The van der Waals surface area contributed by atoms with Crippen molar-refractivity contribution in [2.24, 2.45) is 0 Å². The lowest BCUT2D eigenvalue weighted by atomic mass is 10.0. The molecule has 0 radical (unpaired) electrons. The highest BCUT2D eigenvalue weighted by Gasteiger charge is 2.35. The topological polar surface area (TPSA) is 58.0 Å². The Balaban J connectivity index is 2.14. The van der Waals surface area contributed by atoms with E-state index < -0.39 is 47.8 Å². The van der Waals surface area contributed by atoms with Crippen molar-refractivity contribution in [3.05, 3.63) is 53.3 Å². The highest BCUT2D eigenvalue weighted by molar-refractivity contribution is 5.33. The van der Waals surface area contributed by atoms with Crippen LogP contribution >= 0.6 is 0 Å². The summed E-state index contributed by atoms with van der Waals surface area (Å²) in [4.78, 5) is 6.73. The molecular weight excluding hydrogens is 340 g/mol. The van der Waals surface area contributed by atoms with Crippen LogP contribution in [0.2, 0.25) is 0 Å². The van der Waals surface area contributed by atoms with Gasteiger partial charge in [0.2, 0.25) is 5.95 Å². The average Bonchev–Trinajstić information content (AvgIpc) is 2.51. The summed E-state index contributed by atoms with van der Waals surface area (Å²) in [5, 5.41) is 12.2. The average molecular weight is 351 g/mol. The van der Waals surface area contributed by atoms with Crippen LogP contribution in [0, 0.1) is 0 Å². The Bertz CT molecular complexity index is 701. The fourth-order valence-corrected chi connectivity index (χ4v) is 1.95. The maximum Gasteiger partial charge on any atom is 0.433 e. The Kier molecular flexibility index (Phi) is 4.97. The van der Waals surface area contributed by atoms with E-state index in [1.165, 1.54) is 12.1 Å². The number of rotatable bonds is 4. The molecule has 1 aromatic carbocycles. The van der Waals surface area contributed by atoms with Crippen LogP contribution in [0.25, 0.3) is 0 Å². The number of nitrogens with one attached hydrogen (secondary N) is 1. The Hall–Kier alpha value is -2.36. The Morgan fingerprint density at radius 1 is 1.00 bits per heavy atom. The zero-order chi connectivity index (χ0) is 18.0. The maximum absolute atomic E-state index is 12.9. The van der Waals surface area contributed by atoms with Gasteiger partial charge in [0.25, 0.3) is 0 Å². The van der Waals surface area contributed by atoms with E-state index in [0.717, 1.165) is 18.3 Å². The Morgan fingerprint density at radius 2 is 1.67 bits per heavy atom. The minimum absolute atomic E-state index is 0.399. The molecule has 0 fully saturated rings. The molecule has 0 bridgehead atoms. The summed E-state index contributed by atoms with van der Waals surface area (Å²) in [6.07, 6.45) is -10.1. The van der Waals surface area contributed by atoms with Gasteiger partial charge in [-0.05, 0) is 17.7 Å². The zero-order valence-corrected chi connectivity index (χ0v) is 11.9. The molecule has 2 rings (SSSR count). The summed E-state index contributed by atoms with van der Waals surface area (Å²) in [7, 11) is 0. The van der Waals surface area contributed by atoms with E-state index in [2.05, 4.69) is 15.3 Å². The number of hydrogen-bond acceptors (Lipinski definition) is 4. The highest BCUT2D eigenvalue weighted by atomic mass is 19.4. The van der Waals surface area contributed by atoms with Crippen molar-refractivity contribution in [3.63, 3.8) is 0 Å². The Labute approximate surface area is 132 Å². The van der Waals surface area contributed by atoms with Crippen molar-refractivity contribution in [2.75, 3.05) is 11.9 Å². The van der Waals surface area contributed by atoms with E-state index in [0.29, 0.717) is 6.07 Å². The molecule has 0 amide bonds. The van der Waals surface area contributed by atoms with Crippen LogP contribution in [0.3, 0.4) is 0 Å². The third kappa shape index (κ3) is 4.34. The van der Waals surface area contributed by atoms with Gasteiger partial charge in [-0.2, -0.15) is 26.3 Å². The molecule has 0 saturated heterocycles. The largest absolute Gasteiger partial charge is 0.433 e. The second kappa shape index (κ2) is 6.63. The quantitative estimate of drug-likeness (QED) is 0.826. The van der Waals surface area contributed by atoms with Crippen LogP contribution in [-0.2, 0) is 12.4 Å². The van der Waals surface area contributed by atoms with Crippen LogP contribution < -0.4 is 5.32 Å². The summed E-state index contributed by atoms with van der Waals surface area (Å²) in [5.41, 5.74) is -2.63. The van der Waals surface area contributed by atoms with Crippen LogP contribution in [0.15, 0.2) is 36.5 Å². The summed E-state index contributed by atoms with van der Waals surface area (Å²) >= 11 is 0. The molecule has 2 aromatic rings. The molecule has 10 heteroatoms. The number of aliphatic hydroxyl groups is 1. The monoisotopic (exact) mass is 351 g/mol. The van der Waals surface area contributed by atoms with E-state index in [-0.39, 0.29) is 0 Å². The molecule has 1 unspecified atom stereocenters. The Morgan fingerprint density at radius 3 is 2.29 bits per heavy atom. The second-order valence-corrected chi connectivity index (χ2v) is 4.74. The lowest BCUT2D eigenvalue weighted by Crippen LogP contribution is -2.19. The molecular formula is C14H11F6N3O. The molecule has 24 heavy (non-hydrogen) atoms. The van der Waals surface area contributed by atoms with Crippen LogP contribution in [-0.4, -0.2) is 21.6 Å². The summed E-state index contributed by atoms with van der Waals surface area (Å²) in [6, 6.07) is 5.03. The number of benzene rings is 1. The molecule has 0 aliphatic carbocycles. The minimum Gasteiger partial charge on any atom is -0.387 e. The number of aromatic nitrogens is 2. The fourth-order valence-electron chi connectivity index (χ4n) is 1.95. The third-order valence-electron chi connectivity index (χ3n) is 3.02. The fraction of sp³-hybridized carbons (Fsp3) is 0.286. The van der Waals surface area contributed by atoms with Gasteiger partial charge in [0.05, 0.1) is 11.7 Å². The first-order valence-corrected chi connectivity index (χ1v) is 6.57. The van der Waals surface area contributed by atoms with E-state index in [1.54, 1.807) is 0 Å². The number of aliphatic hydroxyl groups excluding tert-OH is 1. The van der Waals surface area contributed by atoms with Gasteiger partial charge < -0.3 is 10.4 Å². The molecule has 130 valence electrons. The molecule has 0 aliphatic heterocycles. The molecule has 4 nitrogen and oxygen atoms in total. The third-order valence-corrected chi connectivity index (χ3v) is 3.02. The first-order valence-electron chi connectivity index (χ1n) is 6.57. The maximum atomic E-state index is 12.9. The van der Waals surface area contributed by atoms with E-state index in [4.69, 9.17) is 0 Å². The molecule has 1 atom stereocenters. The molecule has 0 saturated carbocycles. The zero-order valence-electron chi connectivity index (χ0n) is 11.9. The first kappa shape index (κ1) is 18.0. The van der Waals surface area contributed by atoms with E-state index >= 15 is 0 Å². The number of hydrogen-bond donors (Lipinski definition) is 2. The van der Waals surface area contributed by atoms with Crippen molar-refractivity contribution in [2.45, 2.75) is 18.5 Å². The van der Waals surface area contributed by atoms with Gasteiger partial charge in [0, 0.05) is 12.7 Å². The number of alkyl halides is 6. The second-order valence-electron chi connectivity index (χ2n) is 4.74. The van der Waals surface area contributed by atoms with Crippen molar-refractivity contribution in [1.82, 2.24) is 9.97 Å². The van der Waals surface area contributed by atoms with Gasteiger partial charge in [0.15, 0.2) is 0 Å². The van der Waals surface area contributed by atoms with E-state index in [9.17, 15) is 31.4 Å². The van der Waals surface area contributed by atoms with Crippen molar-refractivity contribution in [1.29, 1.82) is 0 Å². The first-order chi connectivity index (χ1) is 11.1. The predicted octanol–water partition coefficient (Wildman–Crippen LogP) is 3.66. The van der Waals surface area contributed by atoms with Gasteiger partial charge in [-0.25, -0.2) is 9.97 Å². The van der Waals surface area contributed by atoms with Crippen molar-refractivity contribution in [3.8, 4) is 0 Å². The summed E-state index contributed by atoms with van der Waals surface area (Å²) < 4.78 is 76.2. The molecule has 1 heterocycles. The summed E-state index contributed by atoms with van der Waals surface area (Å²) in [6.45, 7) is -0.492. The predicted molar refractivity (Wildman–Crippen MR) is 71.9 cm³/mol. The van der Waals surface area contributed by atoms with Crippen LogP contribution in [0.4, 0.5) is 32.3 Å². The van der Waals surface area contributed by atoms with Crippen molar-refractivity contribution < 1.29 is 31.4 Å². The number of halogens is 6. The van der Waals surface area contributed by atoms with Gasteiger partial charge in [-0.15, -0.1) is 0 Å². The SMILES string of the molecule is OC(CNc1nccc(C(F)(F)F)n1)c1ccccc1C(F)(F)F.